The van der Waals surface area contributed by atoms with Crippen LogP contribution in [-0.4, -0.2) is 37.3 Å². The first kappa shape index (κ1) is 14.4. The highest BCUT2D eigenvalue weighted by Crippen LogP contribution is 2.37. The van der Waals surface area contributed by atoms with Crippen LogP contribution < -0.4 is 4.74 Å². The number of ether oxygens (including phenoxy) is 2. The third-order valence-electron chi connectivity index (χ3n) is 3.58. The summed E-state index contributed by atoms with van der Waals surface area (Å²) >= 11 is 0. The predicted molar refractivity (Wildman–Crippen MR) is 77.7 cm³/mol. The molecule has 0 radical (unpaired) electrons. The summed E-state index contributed by atoms with van der Waals surface area (Å²) in [5.41, 5.74) is 2.53. The van der Waals surface area contributed by atoms with Crippen LogP contribution in [0, 0.1) is 0 Å². The third kappa shape index (κ3) is 3.48. The van der Waals surface area contributed by atoms with Gasteiger partial charge >= 0.3 is 0 Å². The molecule has 3 nitrogen and oxygen atoms in total. The molecule has 0 spiro atoms. The van der Waals surface area contributed by atoms with Gasteiger partial charge in [-0.3, -0.25) is 4.90 Å². The van der Waals surface area contributed by atoms with Gasteiger partial charge in [-0.2, -0.15) is 0 Å². The second-order valence-electron chi connectivity index (χ2n) is 6.19. The van der Waals surface area contributed by atoms with Crippen molar-refractivity contribution >= 4 is 0 Å². The number of hydrogen-bond acceptors (Lipinski definition) is 3. The van der Waals surface area contributed by atoms with Gasteiger partial charge < -0.3 is 9.47 Å². The normalized spacial score (nSPS) is 18.2. The molecular formula is C16H25NO2. The molecule has 0 aliphatic carbocycles. The molecule has 1 aromatic carbocycles. The Kier molecular flexibility index (Phi) is 4.16. The molecule has 1 atom stereocenters. The average Bonchev–Trinajstić information content (AvgIpc) is 2.64. The summed E-state index contributed by atoms with van der Waals surface area (Å²) in [6.07, 6.45) is 1.24. The molecule has 1 aromatic rings. The van der Waals surface area contributed by atoms with Gasteiger partial charge in [-0.25, -0.2) is 0 Å². The van der Waals surface area contributed by atoms with Gasteiger partial charge in [-0.05, 0) is 33.4 Å². The first-order valence-corrected chi connectivity index (χ1v) is 6.92. The lowest BCUT2D eigenvalue weighted by atomic mass is 10.0. The van der Waals surface area contributed by atoms with Gasteiger partial charge in [0.25, 0.3) is 0 Å². The zero-order valence-electron chi connectivity index (χ0n) is 12.7. The Morgan fingerprint density at radius 3 is 2.84 bits per heavy atom. The minimum atomic E-state index is -0.0726. The van der Waals surface area contributed by atoms with E-state index in [-0.39, 0.29) is 11.7 Å². The average molecular weight is 263 g/mol. The number of fused-ring (bicyclic) bond motifs is 1. The fourth-order valence-electron chi connectivity index (χ4n) is 2.67. The SMILES string of the molecule is COC(C)CN(C)Cc1cccc2c1OC(C)(C)C2. The minimum Gasteiger partial charge on any atom is -0.487 e. The molecule has 0 saturated carbocycles. The van der Waals surface area contributed by atoms with E-state index in [9.17, 15) is 0 Å². The Labute approximate surface area is 116 Å². The maximum absolute atomic E-state index is 6.10. The van der Waals surface area contributed by atoms with Crippen LogP contribution in [0.5, 0.6) is 5.75 Å². The standard InChI is InChI=1S/C16H25NO2/c1-12(18-5)10-17(4)11-14-8-6-7-13-9-16(2,3)19-15(13)14/h6-8,12H,9-11H2,1-5H3. The van der Waals surface area contributed by atoms with E-state index in [1.807, 2.05) is 0 Å². The topological polar surface area (TPSA) is 21.7 Å². The second-order valence-corrected chi connectivity index (χ2v) is 6.19. The molecule has 0 N–H and O–H groups in total. The lowest BCUT2D eigenvalue weighted by Crippen LogP contribution is -2.28. The maximum Gasteiger partial charge on any atom is 0.127 e. The van der Waals surface area contributed by atoms with Crippen molar-refractivity contribution in [1.82, 2.24) is 4.90 Å². The van der Waals surface area contributed by atoms with Crippen LogP contribution in [0.4, 0.5) is 0 Å². The number of hydrogen-bond donors (Lipinski definition) is 0. The van der Waals surface area contributed by atoms with E-state index in [4.69, 9.17) is 9.47 Å². The monoisotopic (exact) mass is 263 g/mol. The molecule has 3 heteroatoms. The molecule has 19 heavy (non-hydrogen) atoms. The molecule has 1 heterocycles. The van der Waals surface area contributed by atoms with E-state index in [2.05, 4.69) is 50.9 Å². The second kappa shape index (κ2) is 5.51. The van der Waals surface area contributed by atoms with Gasteiger partial charge in [0.2, 0.25) is 0 Å². The predicted octanol–water partition coefficient (Wildman–Crippen LogP) is 2.87. The van der Waals surface area contributed by atoms with E-state index >= 15 is 0 Å². The summed E-state index contributed by atoms with van der Waals surface area (Å²) in [6.45, 7) is 8.20. The quantitative estimate of drug-likeness (QED) is 0.815. The molecule has 2 rings (SSSR count). The van der Waals surface area contributed by atoms with Crippen molar-refractivity contribution in [3.8, 4) is 5.75 Å². The molecular weight excluding hydrogens is 238 g/mol. The van der Waals surface area contributed by atoms with Crippen molar-refractivity contribution in [1.29, 1.82) is 0 Å². The van der Waals surface area contributed by atoms with Crippen molar-refractivity contribution in [2.75, 3.05) is 20.7 Å². The van der Waals surface area contributed by atoms with Gasteiger partial charge in [0.15, 0.2) is 0 Å². The molecule has 0 fully saturated rings. The summed E-state index contributed by atoms with van der Waals surface area (Å²) in [7, 11) is 3.87. The molecule has 0 amide bonds. The zero-order chi connectivity index (χ0) is 14.0. The van der Waals surface area contributed by atoms with E-state index in [0.717, 1.165) is 25.3 Å². The van der Waals surface area contributed by atoms with Gasteiger partial charge in [-0.1, -0.05) is 18.2 Å². The molecule has 1 aliphatic heterocycles. The highest BCUT2D eigenvalue weighted by Gasteiger charge is 2.31. The summed E-state index contributed by atoms with van der Waals surface area (Å²) < 4.78 is 11.4. The Balaban J connectivity index is 2.09. The van der Waals surface area contributed by atoms with E-state index in [1.165, 1.54) is 11.1 Å². The van der Waals surface area contributed by atoms with Crippen molar-refractivity contribution in [3.63, 3.8) is 0 Å². The fourth-order valence-corrected chi connectivity index (χ4v) is 2.67. The van der Waals surface area contributed by atoms with Crippen molar-refractivity contribution < 1.29 is 9.47 Å². The molecule has 0 bridgehead atoms. The number of para-hydroxylation sites is 1. The van der Waals surface area contributed by atoms with Gasteiger partial charge in [0.05, 0.1) is 6.10 Å². The van der Waals surface area contributed by atoms with Crippen LogP contribution in [0.2, 0.25) is 0 Å². The van der Waals surface area contributed by atoms with Gasteiger partial charge in [0.1, 0.15) is 11.4 Å². The van der Waals surface area contributed by atoms with Crippen LogP contribution in [-0.2, 0) is 17.7 Å². The Morgan fingerprint density at radius 1 is 1.42 bits per heavy atom. The lowest BCUT2D eigenvalue weighted by molar-refractivity contribution is 0.0826. The summed E-state index contributed by atoms with van der Waals surface area (Å²) in [5, 5.41) is 0. The first-order chi connectivity index (χ1) is 8.91. The van der Waals surface area contributed by atoms with E-state index in [0.29, 0.717) is 0 Å². The molecule has 0 aromatic heterocycles. The third-order valence-corrected chi connectivity index (χ3v) is 3.58. The summed E-state index contributed by atoms with van der Waals surface area (Å²) in [5.74, 6) is 1.09. The van der Waals surface area contributed by atoms with Crippen LogP contribution in [0.3, 0.4) is 0 Å². The highest BCUT2D eigenvalue weighted by atomic mass is 16.5. The van der Waals surface area contributed by atoms with Crippen LogP contribution in [0.1, 0.15) is 31.9 Å². The van der Waals surface area contributed by atoms with Crippen LogP contribution >= 0.6 is 0 Å². The maximum atomic E-state index is 6.10. The Morgan fingerprint density at radius 2 is 2.16 bits per heavy atom. The van der Waals surface area contributed by atoms with E-state index < -0.39 is 0 Å². The van der Waals surface area contributed by atoms with Crippen molar-refractivity contribution in [3.05, 3.63) is 29.3 Å². The largest absolute Gasteiger partial charge is 0.487 e. The van der Waals surface area contributed by atoms with Crippen molar-refractivity contribution in [2.24, 2.45) is 0 Å². The number of likely N-dealkylation sites (N-methyl/N-ethyl adjacent to an activating group) is 1. The van der Waals surface area contributed by atoms with Crippen LogP contribution in [0.15, 0.2) is 18.2 Å². The van der Waals surface area contributed by atoms with E-state index in [1.54, 1.807) is 7.11 Å². The summed E-state index contributed by atoms with van der Waals surface area (Å²) in [4.78, 5) is 2.28. The van der Waals surface area contributed by atoms with Crippen LogP contribution in [0.25, 0.3) is 0 Å². The molecule has 0 saturated heterocycles. The molecule has 1 aliphatic rings. The Bertz CT molecular complexity index is 442. The minimum absolute atomic E-state index is 0.0726. The summed E-state index contributed by atoms with van der Waals surface area (Å²) in [6, 6.07) is 6.46. The molecule has 1 unspecified atom stereocenters. The fraction of sp³-hybridized carbons (Fsp3) is 0.625. The number of nitrogens with zero attached hydrogens (tertiary/aromatic N) is 1. The number of rotatable bonds is 5. The smallest absolute Gasteiger partial charge is 0.127 e. The number of benzene rings is 1. The van der Waals surface area contributed by atoms with Gasteiger partial charge in [0, 0.05) is 32.2 Å². The Hall–Kier alpha value is -1.06. The lowest BCUT2D eigenvalue weighted by Gasteiger charge is -2.22. The van der Waals surface area contributed by atoms with Gasteiger partial charge in [-0.15, -0.1) is 0 Å². The zero-order valence-corrected chi connectivity index (χ0v) is 12.7. The molecule has 106 valence electrons. The first-order valence-electron chi connectivity index (χ1n) is 6.92. The van der Waals surface area contributed by atoms with Crippen molar-refractivity contribution in [2.45, 2.75) is 45.4 Å². The highest BCUT2D eigenvalue weighted by molar-refractivity contribution is 5.45. The number of methoxy groups -OCH3 is 1.